The average Bonchev–Trinajstić information content (AvgIpc) is 3.72. The van der Waals surface area contributed by atoms with E-state index < -0.39 is 12.0 Å². The van der Waals surface area contributed by atoms with Gasteiger partial charge >= 0.3 is 5.97 Å². The van der Waals surface area contributed by atoms with E-state index in [4.69, 9.17) is 14.5 Å². The third kappa shape index (κ3) is 6.46. The molecular formula is C37H37N3O5S. The van der Waals surface area contributed by atoms with Crippen LogP contribution >= 0.6 is 11.3 Å². The highest BCUT2D eigenvalue weighted by molar-refractivity contribution is 7.07. The van der Waals surface area contributed by atoms with Crippen LogP contribution in [0, 0.1) is 0 Å². The zero-order valence-corrected chi connectivity index (χ0v) is 27.1. The fourth-order valence-corrected chi connectivity index (χ4v) is 6.83. The molecule has 3 aromatic carbocycles. The van der Waals surface area contributed by atoms with Crippen molar-refractivity contribution in [3.05, 3.63) is 126 Å². The normalized spacial score (nSPS) is 16.4. The number of ether oxygens (including phenoxy) is 2. The van der Waals surface area contributed by atoms with Gasteiger partial charge < -0.3 is 14.4 Å². The third-order valence-corrected chi connectivity index (χ3v) is 9.27. The minimum atomic E-state index is -0.724. The summed E-state index contributed by atoms with van der Waals surface area (Å²) in [4.78, 5) is 47.4. The lowest BCUT2D eigenvalue weighted by atomic mass is 9.91. The first-order valence-electron chi connectivity index (χ1n) is 15.7. The van der Waals surface area contributed by atoms with E-state index in [-0.39, 0.29) is 24.7 Å². The summed E-state index contributed by atoms with van der Waals surface area (Å²) in [6, 6.07) is 24.2. The molecule has 3 heterocycles. The van der Waals surface area contributed by atoms with Crippen LogP contribution in [-0.2, 0) is 14.3 Å². The molecule has 1 saturated heterocycles. The Labute approximate surface area is 271 Å². The van der Waals surface area contributed by atoms with Crippen LogP contribution in [0.15, 0.2) is 94.2 Å². The quantitative estimate of drug-likeness (QED) is 0.240. The molecule has 9 heteroatoms. The number of fused-ring (bicyclic) bond motifs is 1. The smallest absolute Gasteiger partial charge is 0.338 e. The van der Waals surface area contributed by atoms with E-state index >= 15 is 0 Å². The van der Waals surface area contributed by atoms with Gasteiger partial charge in [-0.05, 0) is 60.6 Å². The number of carbonyl (C=O) groups is 2. The van der Waals surface area contributed by atoms with Crippen molar-refractivity contribution in [1.29, 1.82) is 0 Å². The zero-order valence-electron chi connectivity index (χ0n) is 26.3. The van der Waals surface area contributed by atoms with Crippen LogP contribution in [0.25, 0.3) is 11.8 Å². The van der Waals surface area contributed by atoms with Crippen LogP contribution in [0.4, 0.5) is 0 Å². The van der Waals surface area contributed by atoms with Crippen molar-refractivity contribution in [2.45, 2.75) is 45.6 Å². The Morgan fingerprint density at radius 3 is 2.33 bits per heavy atom. The van der Waals surface area contributed by atoms with E-state index in [0.29, 0.717) is 32.3 Å². The first kappa shape index (κ1) is 31.2. The lowest BCUT2D eigenvalue weighted by Crippen LogP contribution is -2.40. The Morgan fingerprint density at radius 2 is 1.67 bits per heavy atom. The van der Waals surface area contributed by atoms with Crippen LogP contribution in [0.5, 0.6) is 5.75 Å². The Hall–Kier alpha value is -4.76. The highest BCUT2D eigenvalue weighted by Crippen LogP contribution is 2.35. The van der Waals surface area contributed by atoms with E-state index in [1.54, 1.807) is 23.6 Å². The Morgan fingerprint density at radius 1 is 0.978 bits per heavy atom. The summed E-state index contributed by atoms with van der Waals surface area (Å²) >= 11 is 1.28. The van der Waals surface area contributed by atoms with Crippen molar-refractivity contribution >= 4 is 35.0 Å². The Bertz CT molecular complexity index is 1930. The van der Waals surface area contributed by atoms with Crippen molar-refractivity contribution in [1.82, 2.24) is 9.47 Å². The van der Waals surface area contributed by atoms with Gasteiger partial charge in [-0.25, -0.2) is 9.79 Å². The van der Waals surface area contributed by atoms with Crippen molar-refractivity contribution in [3.63, 3.8) is 0 Å². The van der Waals surface area contributed by atoms with Crippen molar-refractivity contribution in [2.75, 3.05) is 26.3 Å². The fourth-order valence-electron chi connectivity index (χ4n) is 5.83. The van der Waals surface area contributed by atoms with E-state index in [1.165, 1.54) is 11.3 Å². The number of rotatable bonds is 9. The maximum atomic E-state index is 14.2. The number of thiazole rings is 1. The standard InChI is InChI=1S/C37H37N3O5S/c1-4-44-36(43)32-33(27-10-6-5-7-11-27)38-37-40(34(32)28-16-14-26(15-17-28)24(2)3)35(42)30(46-37)22-25-12-18-29(19-13-25)45-23-31(41)39-20-8-9-21-39/h5-7,10-19,22,24,34H,4,8-9,20-21,23H2,1-3H3/b30-22+/t34-/m1/s1. The lowest BCUT2D eigenvalue weighted by molar-refractivity contribution is -0.139. The zero-order chi connectivity index (χ0) is 32.2. The van der Waals surface area contributed by atoms with Crippen LogP contribution in [0.2, 0.25) is 0 Å². The molecule has 4 aromatic rings. The van der Waals surface area contributed by atoms with Gasteiger partial charge in [0.15, 0.2) is 11.4 Å². The van der Waals surface area contributed by atoms with E-state index in [0.717, 1.165) is 48.2 Å². The molecule has 2 aliphatic rings. The van der Waals surface area contributed by atoms with Gasteiger partial charge in [0.1, 0.15) is 5.75 Å². The molecule has 1 atom stereocenters. The predicted molar refractivity (Wildman–Crippen MR) is 179 cm³/mol. The highest BCUT2D eigenvalue weighted by Gasteiger charge is 2.35. The fraction of sp³-hybridized carbons (Fsp3) is 0.297. The molecule has 0 aliphatic carbocycles. The maximum absolute atomic E-state index is 14.2. The van der Waals surface area contributed by atoms with E-state index in [2.05, 4.69) is 13.8 Å². The number of amides is 1. The SMILES string of the molecule is CCOC(=O)C1=C(c2ccccc2)N=c2s/c(=C/c3ccc(OCC(=O)N4CCCC4)cc3)c(=O)n2[C@@H]1c1ccc(C(C)C)cc1. The molecule has 0 unspecified atom stereocenters. The predicted octanol–water partition coefficient (Wildman–Crippen LogP) is 5.06. The second-order valence-corrected chi connectivity index (χ2v) is 12.7. The summed E-state index contributed by atoms with van der Waals surface area (Å²) in [6.45, 7) is 7.80. The molecule has 46 heavy (non-hydrogen) atoms. The molecule has 1 amide bonds. The monoisotopic (exact) mass is 635 g/mol. The molecule has 2 aliphatic heterocycles. The number of hydrogen-bond donors (Lipinski definition) is 0. The first-order valence-corrected chi connectivity index (χ1v) is 16.5. The van der Waals surface area contributed by atoms with Gasteiger partial charge in [-0.15, -0.1) is 0 Å². The molecule has 0 bridgehead atoms. The number of hydrogen-bond acceptors (Lipinski definition) is 7. The van der Waals surface area contributed by atoms with Gasteiger partial charge in [-0.3, -0.25) is 14.2 Å². The number of carbonyl (C=O) groups excluding carboxylic acids is 2. The van der Waals surface area contributed by atoms with Crippen molar-refractivity contribution in [2.24, 2.45) is 4.99 Å². The molecule has 1 fully saturated rings. The molecule has 0 N–H and O–H groups in total. The number of esters is 1. The van der Waals surface area contributed by atoms with Crippen LogP contribution in [0.3, 0.4) is 0 Å². The van der Waals surface area contributed by atoms with Crippen LogP contribution in [0.1, 0.15) is 67.8 Å². The summed E-state index contributed by atoms with van der Waals surface area (Å²) < 4.78 is 13.4. The molecule has 0 saturated carbocycles. The number of aromatic nitrogens is 1. The van der Waals surface area contributed by atoms with Crippen LogP contribution in [-0.4, -0.2) is 47.6 Å². The number of likely N-dealkylation sites (tertiary alicyclic amines) is 1. The number of nitrogens with zero attached hydrogens (tertiary/aromatic N) is 3. The topological polar surface area (TPSA) is 90.2 Å². The molecule has 6 rings (SSSR count). The molecule has 1 aromatic heterocycles. The third-order valence-electron chi connectivity index (χ3n) is 8.29. The van der Waals surface area contributed by atoms with Gasteiger partial charge in [-0.2, -0.15) is 0 Å². The Balaban J connectivity index is 1.41. The van der Waals surface area contributed by atoms with Gasteiger partial charge in [0.25, 0.3) is 11.5 Å². The van der Waals surface area contributed by atoms with Gasteiger partial charge in [0.2, 0.25) is 0 Å². The van der Waals surface area contributed by atoms with Gasteiger partial charge in [-0.1, -0.05) is 91.9 Å². The van der Waals surface area contributed by atoms with Gasteiger partial charge in [0, 0.05) is 18.7 Å². The van der Waals surface area contributed by atoms with Crippen molar-refractivity contribution < 1.29 is 19.1 Å². The minimum Gasteiger partial charge on any atom is -0.484 e. The van der Waals surface area contributed by atoms with Crippen molar-refractivity contribution in [3.8, 4) is 5.75 Å². The average molecular weight is 636 g/mol. The largest absolute Gasteiger partial charge is 0.484 e. The minimum absolute atomic E-state index is 0.00262. The summed E-state index contributed by atoms with van der Waals surface area (Å²) in [6.07, 6.45) is 3.89. The van der Waals surface area contributed by atoms with Gasteiger partial charge in [0.05, 0.1) is 28.5 Å². The van der Waals surface area contributed by atoms with Crippen LogP contribution < -0.4 is 19.6 Å². The molecule has 8 nitrogen and oxygen atoms in total. The molecule has 236 valence electrons. The summed E-state index contributed by atoms with van der Waals surface area (Å²) in [5.41, 5.74) is 4.11. The summed E-state index contributed by atoms with van der Waals surface area (Å²) in [5, 5.41) is 0. The molecular weight excluding hydrogens is 598 g/mol. The second-order valence-electron chi connectivity index (χ2n) is 11.7. The van der Waals surface area contributed by atoms with E-state index in [9.17, 15) is 14.4 Å². The van der Waals surface area contributed by atoms with E-state index in [1.807, 2.05) is 77.7 Å². The Kier molecular flexibility index (Phi) is 9.30. The first-order chi connectivity index (χ1) is 22.3. The summed E-state index contributed by atoms with van der Waals surface area (Å²) in [5.74, 6) is 0.408. The lowest BCUT2D eigenvalue weighted by Gasteiger charge is -2.26. The molecule has 0 radical (unpaired) electrons. The molecule has 0 spiro atoms. The maximum Gasteiger partial charge on any atom is 0.338 e. The summed E-state index contributed by atoms with van der Waals surface area (Å²) in [7, 11) is 0. The highest BCUT2D eigenvalue weighted by atomic mass is 32.1. The second kappa shape index (κ2) is 13.7. The number of benzene rings is 3.